The van der Waals surface area contributed by atoms with E-state index < -0.39 is 23.4 Å². The van der Waals surface area contributed by atoms with Gasteiger partial charge < -0.3 is 10.2 Å². The number of anilines is 1. The Morgan fingerprint density at radius 2 is 1.54 bits per heavy atom. The van der Waals surface area contributed by atoms with Gasteiger partial charge in [-0.1, -0.05) is 70.5 Å². The number of fused-ring (bicyclic) bond motifs is 5. The molecule has 1 N–H and O–H groups in total. The third-order valence-electron chi connectivity index (χ3n) is 8.22. The van der Waals surface area contributed by atoms with Crippen molar-refractivity contribution in [2.75, 3.05) is 5.32 Å². The molecule has 3 aliphatic rings. The summed E-state index contributed by atoms with van der Waals surface area (Å²) in [5.74, 6) is -1.63. The SMILES string of the molecule is O=C(c1ccncc1)C1C2c3ccccc3C=CN2C(C(=O)c2ccc(Br)cc2)C12C(=O)Nc1ccccc12. The number of amides is 1. The lowest BCUT2D eigenvalue weighted by Crippen LogP contribution is -2.54. The minimum absolute atomic E-state index is 0.199. The number of ketones is 2. The van der Waals surface area contributed by atoms with E-state index in [0.717, 1.165) is 15.6 Å². The number of para-hydroxylation sites is 1. The van der Waals surface area contributed by atoms with E-state index >= 15 is 0 Å². The molecule has 190 valence electrons. The van der Waals surface area contributed by atoms with E-state index in [1.54, 1.807) is 36.7 Å². The van der Waals surface area contributed by atoms with E-state index in [9.17, 15) is 14.4 Å². The maximum Gasteiger partial charge on any atom is 0.238 e. The Labute approximate surface area is 233 Å². The average molecular weight is 576 g/mol. The lowest BCUT2D eigenvalue weighted by molar-refractivity contribution is -0.122. The van der Waals surface area contributed by atoms with Gasteiger partial charge in [-0.05, 0) is 53.1 Å². The van der Waals surface area contributed by atoms with Gasteiger partial charge in [-0.2, -0.15) is 0 Å². The van der Waals surface area contributed by atoms with Crippen LogP contribution >= 0.6 is 15.9 Å². The van der Waals surface area contributed by atoms with E-state index in [1.807, 2.05) is 77.8 Å². The number of carbonyl (C=O) groups is 3. The molecule has 39 heavy (non-hydrogen) atoms. The summed E-state index contributed by atoms with van der Waals surface area (Å²) >= 11 is 3.45. The first-order valence-corrected chi connectivity index (χ1v) is 13.5. The summed E-state index contributed by atoms with van der Waals surface area (Å²) in [5.41, 5.74) is 2.63. The molecule has 0 radical (unpaired) electrons. The molecule has 0 saturated carbocycles. The molecule has 1 fully saturated rings. The predicted molar refractivity (Wildman–Crippen MR) is 151 cm³/mol. The first kappa shape index (κ1) is 23.7. The third kappa shape index (κ3) is 3.32. The topological polar surface area (TPSA) is 79.4 Å². The summed E-state index contributed by atoms with van der Waals surface area (Å²) in [6.45, 7) is 0. The number of halogens is 1. The summed E-state index contributed by atoms with van der Waals surface area (Å²) in [6, 6.07) is 24.3. The first-order valence-electron chi connectivity index (χ1n) is 12.7. The lowest BCUT2D eigenvalue weighted by atomic mass is 9.63. The molecule has 0 bridgehead atoms. The van der Waals surface area contributed by atoms with Gasteiger partial charge >= 0.3 is 0 Å². The van der Waals surface area contributed by atoms with E-state index in [0.29, 0.717) is 22.4 Å². The van der Waals surface area contributed by atoms with Crippen molar-refractivity contribution in [1.29, 1.82) is 0 Å². The Balaban J connectivity index is 1.54. The zero-order valence-corrected chi connectivity index (χ0v) is 22.2. The summed E-state index contributed by atoms with van der Waals surface area (Å²) in [5, 5.41) is 3.03. The van der Waals surface area contributed by atoms with Gasteiger partial charge in [0.1, 0.15) is 11.5 Å². The van der Waals surface area contributed by atoms with Gasteiger partial charge in [-0.25, -0.2) is 0 Å². The Bertz CT molecular complexity index is 1680. The van der Waals surface area contributed by atoms with Crippen LogP contribution in [0.1, 0.15) is 43.4 Å². The van der Waals surface area contributed by atoms with Crippen LogP contribution in [0, 0.1) is 5.92 Å². The minimum atomic E-state index is -1.46. The summed E-state index contributed by atoms with van der Waals surface area (Å²) < 4.78 is 0.847. The number of pyridine rings is 1. The standard InChI is InChI=1S/C32H22BrN3O3/c33-22-11-9-20(10-12-22)29(38)30-32(24-7-3-4-8-25(24)35-31(32)39)26(28(37)21-13-16-34-17-14-21)27-23-6-2-1-5-19(23)15-18-36(27)30/h1-18,26-27,30H,(H,35,39). The molecule has 3 aliphatic heterocycles. The number of Topliss-reactive ketones (excluding diaryl/α,β-unsaturated/α-hetero) is 2. The van der Waals surface area contributed by atoms with E-state index in [4.69, 9.17) is 0 Å². The minimum Gasteiger partial charge on any atom is -0.358 e. The van der Waals surface area contributed by atoms with Crippen molar-refractivity contribution in [3.05, 3.63) is 136 Å². The Morgan fingerprint density at radius 3 is 2.33 bits per heavy atom. The van der Waals surface area contributed by atoms with Crippen molar-refractivity contribution in [2.24, 2.45) is 5.92 Å². The second-order valence-electron chi connectivity index (χ2n) is 10.1. The normalized spacial score (nSPS) is 24.2. The van der Waals surface area contributed by atoms with Crippen LogP contribution in [0.2, 0.25) is 0 Å². The molecule has 4 heterocycles. The van der Waals surface area contributed by atoms with Crippen molar-refractivity contribution in [2.45, 2.75) is 17.5 Å². The van der Waals surface area contributed by atoms with Crippen LogP contribution in [0.3, 0.4) is 0 Å². The van der Waals surface area contributed by atoms with E-state index in [2.05, 4.69) is 26.2 Å². The molecule has 1 spiro atoms. The van der Waals surface area contributed by atoms with Crippen LogP contribution in [0.25, 0.3) is 6.08 Å². The molecule has 7 heteroatoms. The number of aromatic nitrogens is 1. The highest BCUT2D eigenvalue weighted by Crippen LogP contribution is 2.61. The van der Waals surface area contributed by atoms with Gasteiger partial charge in [0, 0.05) is 39.9 Å². The van der Waals surface area contributed by atoms with Gasteiger partial charge in [-0.15, -0.1) is 0 Å². The number of hydrogen-bond donors (Lipinski definition) is 1. The first-order chi connectivity index (χ1) is 19.0. The molecule has 0 aliphatic carbocycles. The molecule has 1 saturated heterocycles. The molecule has 7 rings (SSSR count). The van der Waals surface area contributed by atoms with Gasteiger partial charge in [0.2, 0.25) is 5.91 Å². The zero-order valence-electron chi connectivity index (χ0n) is 20.6. The zero-order chi connectivity index (χ0) is 26.7. The van der Waals surface area contributed by atoms with Gasteiger partial charge in [0.05, 0.1) is 12.0 Å². The van der Waals surface area contributed by atoms with Gasteiger partial charge in [0.25, 0.3) is 0 Å². The number of rotatable bonds is 4. The average Bonchev–Trinajstić information content (AvgIpc) is 3.45. The Morgan fingerprint density at radius 1 is 0.846 bits per heavy atom. The number of nitrogens with zero attached hydrogens (tertiary/aromatic N) is 2. The molecule has 4 unspecified atom stereocenters. The summed E-state index contributed by atoms with van der Waals surface area (Å²) in [6.07, 6.45) is 6.99. The molecule has 1 amide bonds. The molecule has 1 aromatic heterocycles. The quantitative estimate of drug-likeness (QED) is 0.310. The predicted octanol–water partition coefficient (Wildman–Crippen LogP) is 5.83. The number of carbonyl (C=O) groups excluding carboxylic acids is 3. The number of hydrogen-bond acceptors (Lipinski definition) is 5. The van der Waals surface area contributed by atoms with Gasteiger partial charge in [-0.3, -0.25) is 19.4 Å². The molecule has 4 atom stereocenters. The van der Waals surface area contributed by atoms with Crippen LogP contribution in [-0.4, -0.2) is 33.4 Å². The van der Waals surface area contributed by atoms with Crippen LogP contribution < -0.4 is 5.32 Å². The van der Waals surface area contributed by atoms with Crippen molar-refractivity contribution < 1.29 is 14.4 Å². The lowest BCUT2D eigenvalue weighted by Gasteiger charge is -2.35. The highest BCUT2D eigenvalue weighted by atomic mass is 79.9. The summed E-state index contributed by atoms with van der Waals surface area (Å²) in [4.78, 5) is 49.6. The summed E-state index contributed by atoms with van der Waals surface area (Å²) in [7, 11) is 0. The molecular weight excluding hydrogens is 554 g/mol. The third-order valence-corrected chi connectivity index (χ3v) is 8.75. The molecule has 6 nitrogen and oxygen atoms in total. The van der Waals surface area contributed by atoms with Crippen molar-refractivity contribution in [1.82, 2.24) is 9.88 Å². The fraction of sp³-hybridized carbons (Fsp3) is 0.125. The fourth-order valence-electron chi connectivity index (χ4n) is 6.65. The second-order valence-corrected chi connectivity index (χ2v) is 11.0. The van der Waals surface area contributed by atoms with Crippen LogP contribution in [0.4, 0.5) is 5.69 Å². The molecule has 4 aromatic rings. The second kappa shape index (κ2) is 8.85. The molecule has 3 aromatic carbocycles. The van der Waals surface area contributed by atoms with Gasteiger partial charge in [0.15, 0.2) is 11.6 Å². The van der Waals surface area contributed by atoms with Crippen LogP contribution in [0.5, 0.6) is 0 Å². The highest BCUT2D eigenvalue weighted by Gasteiger charge is 2.71. The Kier molecular flexibility index (Phi) is 5.39. The highest BCUT2D eigenvalue weighted by molar-refractivity contribution is 9.10. The maximum atomic E-state index is 14.6. The maximum absolute atomic E-state index is 14.6. The van der Waals surface area contributed by atoms with Crippen LogP contribution in [-0.2, 0) is 10.2 Å². The van der Waals surface area contributed by atoms with Crippen LogP contribution in [0.15, 0.2) is 108 Å². The number of benzene rings is 3. The van der Waals surface area contributed by atoms with E-state index in [1.165, 1.54) is 0 Å². The van der Waals surface area contributed by atoms with E-state index in [-0.39, 0.29) is 17.5 Å². The number of nitrogens with one attached hydrogen (secondary N) is 1. The molecular formula is C32H22BrN3O3. The largest absolute Gasteiger partial charge is 0.358 e. The van der Waals surface area contributed by atoms with Crippen molar-refractivity contribution >= 4 is 45.2 Å². The van der Waals surface area contributed by atoms with Crippen molar-refractivity contribution in [3.8, 4) is 0 Å². The smallest absolute Gasteiger partial charge is 0.238 e. The van der Waals surface area contributed by atoms with Crippen molar-refractivity contribution in [3.63, 3.8) is 0 Å². The Hall–Kier alpha value is -4.36. The fourth-order valence-corrected chi connectivity index (χ4v) is 6.91. The monoisotopic (exact) mass is 575 g/mol.